The van der Waals surface area contributed by atoms with Gasteiger partial charge in [-0.05, 0) is 42.0 Å². The van der Waals surface area contributed by atoms with Crippen LogP contribution in [-0.4, -0.2) is 17.1 Å². The van der Waals surface area contributed by atoms with E-state index < -0.39 is 11.6 Å². The molecule has 0 saturated heterocycles. The van der Waals surface area contributed by atoms with Crippen LogP contribution in [0.25, 0.3) is 0 Å². The zero-order chi connectivity index (χ0) is 14.8. The van der Waals surface area contributed by atoms with Crippen LogP contribution >= 0.6 is 0 Å². The topological polar surface area (TPSA) is 40.8 Å². The minimum atomic E-state index is -0.974. The maximum atomic E-state index is 13.8. The Labute approximate surface area is 120 Å². The van der Waals surface area contributed by atoms with E-state index in [1.165, 1.54) is 19.2 Å². The van der Waals surface area contributed by atoms with Crippen LogP contribution in [0.5, 0.6) is 5.75 Å². The summed E-state index contributed by atoms with van der Waals surface area (Å²) in [6.45, 7) is 0. The Balaban J connectivity index is 2.16. The fourth-order valence-corrected chi connectivity index (χ4v) is 2.47. The molecule has 2 heterocycles. The number of hydrogen-bond donors (Lipinski definition) is 2. The van der Waals surface area contributed by atoms with Gasteiger partial charge in [-0.25, -0.2) is 4.39 Å². The van der Waals surface area contributed by atoms with Gasteiger partial charge in [0.25, 0.3) is 0 Å². The lowest BCUT2D eigenvalue weighted by Crippen LogP contribution is -2.06. The van der Waals surface area contributed by atoms with Crippen molar-refractivity contribution in [3.05, 3.63) is 77.4 Å². The molecular formula is C16H14F2N2O. The van der Waals surface area contributed by atoms with E-state index in [2.05, 4.69) is 9.97 Å². The molecule has 0 radical (unpaired) electrons. The van der Waals surface area contributed by atoms with Crippen molar-refractivity contribution < 1.29 is 13.5 Å². The average Bonchev–Trinajstić information content (AvgIpc) is 3.16. The lowest BCUT2D eigenvalue weighted by Gasteiger charge is -2.17. The molecule has 3 rings (SSSR count). The summed E-state index contributed by atoms with van der Waals surface area (Å²) in [5.41, 5.74) is 2.37. The standard InChI is InChI=1S/C16H14F2N2O/c1-21-14-9-10(8-11(17)16(14)18)15(12-4-2-6-19-12)13-5-3-7-20-13/h2-9,15,19-20H,1H3. The lowest BCUT2D eigenvalue weighted by atomic mass is 9.92. The van der Waals surface area contributed by atoms with E-state index in [9.17, 15) is 8.78 Å². The molecule has 0 fully saturated rings. The fourth-order valence-electron chi connectivity index (χ4n) is 2.47. The van der Waals surface area contributed by atoms with Crippen LogP contribution < -0.4 is 4.74 Å². The number of halogens is 2. The molecule has 0 aliphatic heterocycles. The van der Waals surface area contributed by atoms with Gasteiger partial charge in [0.2, 0.25) is 5.82 Å². The highest BCUT2D eigenvalue weighted by Crippen LogP contribution is 2.33. The number of aromatic nitrogens is 2. The molecule has 0 amide bonds. The second-order valence-corrected chi connectivity index (χ2v) is 4.70. The quantitative estimate of drug-likeness (QED) is 0.753. The highest BCUT2D eigenvalue weighted by atomic mass is 19.2. The van der Waals surface area contributed by atoms with Crippen LogP contribution in [0.2, 0.25) is 0 Å². The van der Waals surface area contributed by atoms with E-state index in [0.717, 1.165) is 11.4 Å². The third-order valence-corrected chi connectivity index (χ3v) is 3.44. The molecule has 0 spiro atoms. The molecule has 1 aromatic carbocycles. The van der Waals surface area contributed by atoms with Crippen LogP contribution in [0.15, 0.2) is 48.8 Å². The van der Waals surface area contributed by atoms with Crippen molar-refractivity contribution in [3.8, 4) is 5.75 Å². The Morgan fingerprint density at radius 3 is 2.10 bits per heavy atom. The monoisotopic (exact) mass is 288 g/mol. The van der Waals surface area contributed by atoms with Crippen LogP contribution in [-0.2, 0) is 0 Å². The number of methoxy groups -OCH3 is 1. The summed E-state index contributed by atoms with van der Waals surface area (Å²) in [4.78, 5) is 6.24. The summed E-state index contributed by atoms with van der Waals surface area (Å²) in [5, 5.41) is 0. The minimum Gasteiger partial charge on any atom is -0.494 e. The summed E-state index contributed by atoms with van der Waals surface area (Å²) in [6.07, 6.45) is 3.59. The van der Waals surface area contributed by atoms with Gasteiger partial charge >= 0.3 is 0 Å². The molecule has 3 nitrogen and oxygen atoms in total. The van der Waals surface area contributed by atoms with Crippen molar-refractivity contribution in [2.75, 3.05) is 7.11 Å². The van der Waals surface area contributed by atoms with Crippen molar-refractivity contribution in [3.63, 3.8) is 0 Å². The van der Waals surface area contributed by atoms with E-state index >= 15 is 0 Å². The van der Waals surface area contributed by atoms with Crippen LogP contribution in [0.4, 0.5) is 8.78 Å². The van der Waals surface area contributed by atoms with E-state index in [1.807, 2.05) is 24.3 Å². The second kappa shape index (κ2) is 5.44. The number of benzene rings is 1. The van der Waals surface area contributed by atoms with E-state index in [4.69, 9.17) is 4.74 Å². The maximum Gasteiger partial charge on any atom is 0.200 e. The zero-order valence-electron chi connectivity index (χ0n) is 11.4. The van der Waals surface area contributed by atoms with Gasteiger partial charge in [-0.15, -0.1) is 0 Å². The summed E-state index contributed by atoms with van der Waals surface area (Å²) >= 11 is 0. The molecule has 3 aromatic rings. The number of rotatable bonds is 4. The molecule has 0 unspecified atom stereocenters. The first-order valence-electron chi connectivity index (χ1n) is 6.50. The van der Waals surface area contributed by atoms with Gasteiger partial charge in [0.15, 0.2) is 11.6 Å². The predicted octanol–water partition coefficient (Wildman–Crippen LogP) is 3.81. The van der Waals surface area contributed by atoms with Gasteiger partial charge in [-0.1, -0.05) is 0 Å². The first kappa shape index (κ1) is 13.4. The Bertz CT molecular complexity index is 687. The number of nitrogens with one attached hydrogen (secondary N) is 2. The van der Waals surface area contributed by atoms with E-state index in [-0.39, 0.29) is 11.7 Å². The molecule has 0 atom stereocenters. The highest BCUT2D eigenvalue weighted by molar-refractivity contribution is 5.42. The summed E-state index contributed by atoms with van der Waals surface area (Å²) in [6, 6.07) is 10.2. The van der Waals surface area contributed by atoms with Crippen LogP contribution in [0.3, 0.4) is 0 Å². The van der Waals surface area contributed by atoms with Gasteiger partial charge in [0.1, 0.15) is 0 Å². The van der Waals surface area contributed by atoms with Crippen LogP contribution in [0.1, 0.15) is 22.9 Å². The molecule has 0 bridgehead atoms. The lowest BCUT2D eigenvalue weighted by molar-refractivity contribution is 0.371. The van der Waals surface area contributed by atoms with Crippen molar-refractivity contribution in [2.24, 2.45) is 0 Å². The molecule has 108 valence electrons. The third-order valence-electron chi connectivity index (χ3n) is 3.44. The Kier molecular flexibility index (Phi) is 3.48. The van der Waals surface area contributed by atoms with Crippen molar-refractivity contribution in [1.82, 2.24) is 9.97 Å². The second-order valence-electron chi connectivity index (χ2n) is 4.70. The number of aromatic amines is 2. The normalized spacial score (nSPS) is 11.0. The first-order chi connectivity index (χ1) is 10.2. The molecule has 0 aliphatic carbocycles. The SMILES string of the molecule is COc1cc(C(c2ccc[nH]2)c2ccc[nH]2)cc(F)c1F. The van der Waals surface area contributed by atoms with Crippen molar-refractivity contribution in [1.29, 1.82) is 0 Å². The maximum absolute atomic E-state index is 13.8. The van der Waals surface area contributed by atoms with Gasteiger partial charge in [0.05, 0.1) is 13.0 Å². The third kappa shape index (κ3) is 2.42. The molecule has 2 aromatic heterocycles. The van der Waals surface area contributed by atoms with Crippen molar-refractivity contribution in [2.45, 2.75) is 5.92 Å². The Morgan fingerprint density at radius 1 is 1.00 bits per heavy atom. The molecular weight excluding hydrogens is 274 g/mol. The van der Waals surface area contributed by atoms with Gasteiger partial charge < -0.3 is 14.7 Å². The molecule has 0 aliphatic rings. The van der Waals surface area contributed by atoms with Gasteiger partial charge in [-0.2, -0.15) is 4.39 Å². The fraction of sp³-hybridized carbons (Fsp3) is 0.125. The van der Waals surface area contributed by atoms with Gasteiger partial charge in [0, 0.05) is 23.8 Å². The molecule has 5 heteroatoms. The van der Waals surface area contributed by atoms with E-state index in [1.54, 1.807) is 12.4 Å². The largest absolute Gasteiger partial charge is 0.494 e. The van der Waals surface area contributed by atoms with E-state index in [0.29, 0.717) is 5.56 Å². The number of ether oxygens (including phenoxy) is 1. The summed E-state index contributed by atoms with van der Waals surface area (Å²) in [5.74, 6) is -2.25. The highest BCUT2D eigenvalue weighted by Gasteiger charge is 2.22. The number of H-pyrrole nitrogens is 2. The zero-order valence-corrected chi connectivity index (χ0v) is 11.4. The van der Waals surface area contributed by atoms with Crippen molar-refractivity contribution >= 4 is 0 Å². The molecule has 2 N–H and O–H groups in total. The predicted molar refractivity (Wildman–Crippen MR) is 75.4 cm³/mol. The average molecular weight is 288 g/mol. The summed E-state index contributed by atoms with van der Waals surface area (Å²) in [7, 11) is 1.32. The summed E-state index contributed by atoms with van der Waals surface area (Å²) < 4.78 is 32.3. The van der Waals surface area contributed by atoms with Crippen LogP contribution in [0, 0.1) is 11.6 Å². The molecule has 21 heavy (non-hydrogen) atoms. The minimum absolute atomic E-state index is 0.104. The van der Waals surface area contributed by atoms with Gasteiger partial charge in [-0.3, -0.25) is 0 Å². The first-order valence-corrected chi connectivity index (χ1v) is 6.50. The molecule has 0 saturated carbocycles. The Morgan fingerprint density at radius 2 is 1.62 bits per heavy atom. The smallest absolute Gasteiger partial charge is 0.200 e. The number of hydrogen-bond acceptors (Lipinski definition) is 1. The Hall–Kier alpha value is -2.56.